The van der Waals surface area contributed by atoms with Crippen LogP contribution < -0.4 is 20.5 Å². The Morgan fingerprint density at radius 2 is 2.35 bits per heavy atom. The predicted octanol–water partition coefficient (Wildman–Crippen LogP) is 1.37. The van der Waals surface area contributed by atoms with E-state index in [0.29, 0.717) is 13.2 Å². The summed E-state index contributed by atoms with van der Waals surface area (Å²) in [6.07, 6.45) is 1.08. The molecule has 0 aromatic heterocycles. The van der Waals surface area contributed by atoms with Gasteiger partial charge in [0, 0.05) is 24.1 Å². The second-order valence-electron chi connectivity index (χ2n) is 5.14. The molecule has 5 heteroatoms. The summed E-state index contributed by atoms with van der Waals surface area (Å²) in [4.78, 5) is 11.6. The maximum absolute atomic E-state index is 11.6. The Hall–Kier alpha value is -1.75. The van der Waals surface area contributed by atoms with Gasteiger partial charge in [-0.05, 0) is 32.9 Å². The smallest absolute Gasteiger partial charge is 0.236 e. The summed E-state index contributed by atoms with van der Waals surface area (Å²) in [6.45, 7) is 6.62. The van der Waals surface area contributed by atoms with E-state index in [1.165, 1.54) is 0 Å². The van der Waals surface area contributed by atoms with Crippen molar-refractivity contribution in [2.45, 2.75) is 45.9 Å². The van der Waals surface area contributed by atoms with Gasteiger partial charge in [0.25, 0.3) is 0 Å². The van der Waals surface area contributed by atoms with Crippen LogP contribution in [0.3, 0.4) is 0 Å². The van der Waals surface area contributed by atoms with E-state index in [4.69, 9.17) is 15.2 Å². The minimum atomic E-state index is -0.517. The maximum atomic E-state index is 11.6. The van der Waals surface area contributed by atoms with E-state index < -0.39 is 6.04 Å². The van der Waals surface area contributed by atoms with Gasteiger partial charge in [0.05, 0.1) is 12.6 Å². The molecule has 0 saturated heterocycles. The molecule has 3 N–H and O–H groups in total. The molecule has 1 heterocycles. The van der Waals surface area contributed by atoms with Crippen LogP contribution in [0.5, 0.6) is 11.5 Å². The van der Waals surface area contributed by atoms with Crippen molar-refractivity contribution in [1.29, 1.82) is 0 Å². The van der Waals surface area contributed by atoms with E-state index >= 15 is 0 Å². The van der Waals surface area contributed by atoms with Crippen molar-refractivity contribution >= 4 is 5.91 Å². The number of rotatable bonds is 5. The van der Waals surface area contributed by atoms with Gasteiger partial charge in [-0.2, -0.15) is 0 Å². The molecule has 1 aromatic carbocycles. The molecule has 1 amide bonds. The summed E-state index contributed by atoms with van der Waals surface area (Å²) in [5.41, 5.74) is 7.60. The first-order valence-corrected chi connectivity index (χ1v) is 6.99. The van der Waals surface area contributed by atoms with Crippen molar-refractivity contribution in [3.05, 3.63) is 23.3 Å². The van der Waals surface area contributed by atoms with Gasteiger partial charge in [0.2, 0.25) is 5.91 Å². The lowest BCUT2D eigenvalue weighted by atomic mass is 10.1. The fourth-order valence-corrected chi connectivity index (χ4v) is 2.25. The standard InChI is InChI=1S/C15H22N2O3/c1-4-19-13-6-11-5-9(2)20-14(11)7-12(13)8-17-15(18)10(3)16/h6-7,9-10H,4-5,8,16H2,1-3H3,(H,17,18)/t9?,10-/m0/s1. The van der Waals surface area contributed by atoms with Gasteiger partial charge in [-0.1, -0.05) is 0 Å². The fraction of sp³-hybridized carbons (Fsp3) is 0.533. The van der Waals surface area contributed by atoms with Crippen molar-refractivity contribution in [1.82, 2.24) is 5.32 Å². The molecule has 0 aliphatic carbocycles. The van der Waals surface area contributed by atoms with Crippen molar-refractivity contribution in [3.63, 3.8) is 0 Å². The zero-order valence-electron chi connectivity index (χ0n) is 12.2. The monoisotopic (exact) mass is 278 g/mol. The number of carbonyl (C=O) groups excluding carboxylic acids is 1. The Labute approximate surface area is 119 Å². The van der Waals surface area contributed by atoms with Crippen molar-refractivity contribution in [2.75, 3.05) is 6.61 Å². The molecule has 1 aliphatic heterocycles. The number of fused-ring (bicyclic) bond motifs is 1. The number of ether oxygens (including phenoxy) is 2. The Morgan fingerprint density at radius 1 is 1.60 bits per heavy atom. The molecule has 20 heavy (non-hydrogen) atoms. The van der Waals surface area contributed by atoms with Crippen LogP contribution in [-0.2, 0) is 17.8 Å². The predicted molar refractivity (Wildman–Crippen MR) is 76.9 cm³/mol. The van der Waals surface area contributed by atoms with Crippen molar-refractivity contribution in [2.24, 2.45) is 5.73 Å². The van der Waals surface area contributed by atoms with Gasteiger partial charge in [0.15, 0.2) is 0 Å². The Morgan fingerprint density at radius 3 is 3.00 bits per heavy atom. The van der Waals surface area contributed by atoms with Crippen LogP contribution in [0.1, 0.15) is 31.9 Å². The summed E-state index contributed by atoms with van der Waals surface area (Å²) >= 11 is 0. The molecular formula is C15H22N2O3. The lowest BCUT2D eigenvalue weighted by Gasteiger charge is -2.14. The van der Waals surface area contributed by atoms with Gasteiger partial charge in [-0.25, -0.2) is 0 Å². The highest BCUT2D eigenvalue weighted by molar-refractivity contribution is 5.81. The summed E-state index contributed by atoms with van der Waals surface area (Å²) in [5.74, 6) is 1.50. The van der Waals surface area contributed by atoms with Crippen molar-refractivity contribution in [3.8, 4) is 11.5 Å². The zero-order valence-corrected chi connectivity index (χ0v) is 12.2. The number of hydrogen-bond acceptors (Lipinski definition) is 4. The number of amides is 1. The van der Waals surface area contributed by atoms with E-state index in [1.807, 2.05) is 26.0 Å². The van der Waals surface area contributed by atoms with Gasteiger partial charge in [-0.3, -0.25) is 4.79 Å². The molecule has 2 rings (SSSR count). The van der Waals surface area contributed by atoms with Crippen LogP contribution in [-0.4, -0.2) is 24.7 Å². The third kappa shape index (κ3) is 3.22. The van der Waals surface area contributed by atoms with Gasteiger partial charge >= 0.3 is 0 Å². The highest BCUT2D eigenvalue weighted by Gasteiger charge is 2.22. The van der Waals surface area contributed by atoms with E-state index in [9.17, 15) is 4.79 Å². The minimum absolute atomic E-state index is 0.178. The third-order valence-corrected chi connectivity index (χ3v) is 3.25. The summed E-state index contributed by atoms with van der Waals surface area (Å²) in [5, 5.41) is 2.80. The van der Waals surface area contributed by atoms with E-state index in [-0.39, 0.29) is 12.0 Å². The third-order valence-electron chi connectivity index (χ3n) is 3.25. The van der Waals surface area contributed by atoms with Crippen LogP contribution in [0, 0.1) is 0 Å². The van der Waals surface area contributed by atoms with E-state index in [2.05, 4.69) is 5.32 Å². The van der Waals surface area contributed by atoms with Crippen molar-refractivity contribution < 1.29 is 14.3 Å². The molecule has 1 aromatic rings. The molecule has 1 aliphatic rings. The van der Waals surface area contributed by atoms with E-state index in [0.717, 1.165) is 29.0 Å². The van der Waals surface area contributed by atoms with Gasteiger partial charge < -0.3 is 20.5 Å². The Balaban J connectivity index is 2.18. The Bertz CT molecular complexity index is 500. The molecule has 0 bridgehead atoms. The molecule has 0 spiro atoms. The number of hydrogen-bond donors (Lipinski definition) is 2. The van der Waals surface area contributed by atoms with Crippen LogP contribution in [0.4, 0.5) is 0 Å². The zero-order chi connectivity index (χ0) is 14.7. The molecule has 1 unspecified atom stereocenters. The molecule has 2 atom stereocenters. The normalized spacial score (nSPS) is 18.1. The molecule has 0 fully saturated rings. The summed E-state index contributed by atoms with van der Waals surface area (Å²) in [6, 6.07) is 3.44. The van der Waals surface area contributed by atoms with Gasteiger partial charge in [0.1, 0.15) is 17.6 Å². The highest BCUT2D eigenvalue weighted by atomic mass is 16.5. The van der Waals surface area contributed by atoms with Crippen LogP contribution in [0.2, 0.25) is 0 Å². The van der Waals surface area contributed by atoms with Gasteiger partial charge in [-0.15, -0.1) is 0 Å². The second kappa shape index (κ2) is 6.13. The number of nitrogens with one attached hydrogen (secondary N) is 1. The largest absolute Gasteiger partial charge is 0.494 e. The van der Waals surface area contributed by atoms with Crippen LogP contribution in [0.25, 0.3) is 0 Å². The average Bonchev–Trinajstić information content (AvgIpc) is 2.74. The SMILES string of the molecule is CCOc1cc2c(cc1CNC(=O)[C@H](C)N)OC(C)C2. The first kappa shape index (κ1) is 14.7. The topological polar surface area (TPSA) is 73.6 Å². The first-order chi connectivity index (χ1) is 9.51. The quantitative estimate of drug-likeness (QED) is 0.853. The average molecular weight is 278 g/mol. The molecular weight excluding hydrogens is 256 g/mol. The van der Waals surface area contributed by atoms with E-state index in [1.54, 1.807) is 6.92 Å². The lowest BCUT2D eigenvalue weighted by molar-refractivity contribution is -0.122. The number of nitrogens with two attached hydrogens (primary N) is 1. The Kier molecular flexibility index (Phi) is 4.49. The molecule has 110 valence electrons. The van der Waals surface area contributed by atoms with Crippen LogP contribution >= 0.6 is 0 Å². The molecule has 0 radical (unpaired) electrons. The summed E-state index contributed by atoms with van der Waals surface area (Å²) in [7, 11) is 0. The second-order valence-corrected chi connectivity index (χ2v) is 5.14. The number of carbonyl (C=O) groups is 1. The maximum Gasteiger partial charge on any atom is 0.236 e. The minimum Gasteiger partial charge on any atom is -0.494 e. The summed E-state index contributed by atoms with van der Waals surface area (Å²) < 4.78 is 11.4. The van der Waals surface area contributed by atoms with Crippen LogP contribution in [0.15, 0.2) is 12.1 Å². The fourth-order valence-electron chi connectivity index (χ4n) is 2.25. The molecule has 0 saturated carbocycles. The highest BCUT2D eigenvalue weighted by Crippen LogP contribution is 2.35. The lowest BCUT2D eigenvalue weighted by Crippen LogP contribution is -2.37. The molecule has 5 nitrogen and oxygen atoms in total. The number of benzene rings is 1. The first-order valence-electron chi connectivity index (χ1n) is 6.99.